The van der Waals surface area contributed by atoms with Crippen LogP contribution >= 0.6 is 15.9 Å². The van der Waals surface area contributed by atoms with E-state index in [9.17, 15) is 0 Å². The molecule has 0 radical (unpaired) electrons. The molecule has 1 heterocycles. The van der Waals surface area contributed by atoms with Gasteiger partial charge in [-0.1, -0.05) is 6.92 Å². The number of nitrogens with zero attached hydrogens (tertiary/aromatic N) is 2. The molecule has 0 bridgehead atoms. The first-order valence-electron chi connectivity index (χ1n) is 7.43. The van der Waals surface area contributed by atoms with Crippen LogP contribution in [0.2, 0.25) is 0 Å². The van der Waals surface area contributed by atoms with Crippen molar-refractivity contribution in [3.8, 4) is 0 Å². The maximum absolute atomic E-state index is 5.35. The number of nitrogens with one attached hydrogen (secondary N) is 1. The van der Waals surface area contributed by atoms with Crippen LogP contribution in [0.15, 0.2) is 4.47 Å². The van der Waals surface area contributed by atoms with E-state index in [4.69, 9.17) is 4.74 Å². The topological polar surface area (TPSA) is 39.1 Å². The number of ether oxygens (including phenoxy) is 1. The summed E-state index contributed by atoms with van der Waals surface area (Å²) in [5.41, 5.74) is 2.32. The first kappa shape index (κ1) is 17.7. The van der Waals surface area contributed by atoms with Crippen LogP contribution in [0.25, 0.3) is 0 Å². The molecule has 0 saturated carbocycles. The van der Waals surface area contributed by atoms with Gasteiger partial charge in [0.15, 0.2) is 0 Å². The molecule has 0 aromatic carbocycles. The second-order valence-corrected chi connectivity index (χ2v) is 6.24. The molecule has 0 saturated heterocycles. The van der Waals surface area contributed by atoms with Gasteiger partial charge in [-0.15, -0.1) is 0 Å². The summed E-state index contributed by atoms with van der Waals surface area (Å²) in [6.07, 6.45) is 4.66. The summed E-state index contributed by atoms with van der Waals surface area (Å²) in [6.45, 7) is 7.42. The molecular formula is C15H28BrN3O. The molecule has 1 N–H and O–H groups in total. The van der Waals surface area contributed by atoms with Gasteiger partial charge in [-0.05, 0) is 55.6 Å². The van der Waals surface area contributed by atoms with Gasteiger partial charge >= 0.3 is 0 Å². The highest BCUT2D eigenvalue weighted by Gasteiger charge is 2.17. The van der Waals surface area contributed by atoms with Crippen LogP contribution in [0.5, 0.6) is 0 Å². The second kappa shape index (κ2) is 8.80. The number of hydrogen-bond donors (Lipinski definition) is 1. The Kier molecular flexibility index (Phi) is 7.77. The molecule has 4 nitrogen and oxygen atoms in total. The van der Waals surface area contributed by atoms with Crippen LogP contribution in [0.3, 0.4) is 0 Å². The third-order valence-electron chi connectivity index (χ3n) is 3.71. The van der Waals surface area contributed by atoms with Crippen LogP contribution in [0.4, 0.5) is 0 Å². The second-order valence-electron chi connectivity index (χ2n) is 5.45. The molecule has 0 spiro atoms. The molecule has 0 aliphatic heterocycles. The molecule has 5 heteroatoms. The van der Waals surface area contributed by atoms with Crippen molar-refractivity contribution in [3.05, 3.63) is 15.9 Å². The van der Waals surface area contributed by atoms with E-state index < -0.39 is 0 Å². The molecule has 20 heavy (non-hydrogen) atoms. The third kappa shape index (κ3) is 5.19. The van der Waals surface area contributed by atoms with Crippen molar-refractivity contribution in [2.75, 3.05) is 13.7 Å². The number of methoxy groups -OCH3 is 1. The van der Waals surface area contributed by atoms with Gasteiger partial charge in [-0.25, -0.2) is 0 Å². The third-order valence-corrected chi connectivity index (χ3v) is 4.74. The predicted octanol–water partition coefficient (Wildman–Crippen LogP) is 3.22. The van der Waals surface area contributed by atoms with Crippen LogP contribution < -0.4 is 5.32 Å². The normalized spacial score (nSPS) is 14.5. The fraction of sp³-hybridized carbons (Fsp3) is 0.800. The highest BCUT2D eigenvalue weighted by molar-refractivity contribution is 9.10. The molecule has 1 rings (SSSR count). The average Bonchev–Trinajstić information content (AvgIpc) is 2.67. The number of halogens is 1. The molecule has 2 unspecified atom stereocenters. The maximum atomic E-state index is 5.35. The Morgan fingerprint density at radius 1 is 1.40 bits per heavy atom. The van der Waals surface area contributed by atoms with E-state index in [1.807, 2.05) is 18.7 Å². The van der Waals surface area contributed by atoms with Gasteiger partial charge in [-0.2, -0.15) is 5.10 Å². The molecule has 1 aromatic rings. The lowest BCUT2D eigenvalue weighted by Crippen LogP contribution is -2.33. The maximum Gasteiger partial charge on any atom is 0.0738 e. The lowest BCUT2D eigenvalue weighted by atomic mass is 10.0. The van der Waals surface area contributed by atoms with Gasteiger partial charge in [0, 0.05) is 26.6 Å². The van der Waals surface area contributed by atoms with Crippen molar-refractivity contribution >= 4 is 15.9 Å². The molecule has 116 valence electrons. The molecular weight excluding hydrogens is 318 g/mol. The standard InChI is InChI=1S/C15H28BrN3O/c1-6-9-17-13(8-7-11(2)20-5)10-14-15(16)12(3)18-19(14)4/h11,13,17H,6-10H2,1-5H3. The van der Waals surface area contributed by atoms with E-state index in [1.165, 1.54) is 5.69 Å². The van der Waals surface area contributed by atoms with E-state index in [1.54, 1.807) is 7.11 Å². The number of hydrogen-bond acceptors (Lipinski definition) is 3. The van der Waals surface area contributed by atoms with Gasteiger partial charge in [0.05, 0.1) is 22.0 Å². The van der Waals surface area contributed by atoms with Crippen LogP contribution in [0, 0.1) is 6.92 Å². The Balaban J connectivity index is 2.67. The fourth-order valence-electron chi connectivity index (χ4n) is 2.31. The Bertz CT molecular complexity index is 406. The largest absolute Gasteiger partial charge is 0.382 e. The van der Waals surface area contributed by atoms with Crippen molar-refractivity contribution in [1.29, 1.82) is 0 Å². The summed E-state index contributed by atoms with van der Waals surface area (Å²) in [5.74, 6) is 0. The van der Waals surface area contributed by atoms with Gasteiger partial charge in [0.25, 0.3) is 0 Å². The van der Waals surface area contributed by atoms with E-state index in [0.29, 0.717) is 12.1 Å². The van der Waals surface area contributed by atoms with Gasteiger partial charge in [0.2, 0.25) is 0 Å². The predicted molar refractivity (Wildman–Crippen MR) is 87.1 cm³/mol. The summed E-state index contributed by atoms with van der Waals surface area (Å²) < 4.78 is 8.48. The van der Waals surface area contributed by atoms with Crippen LogP contribution in [-0.4, -0.2) is 35.6 Å². The minimum absolute atomic E-state index is 0.317. The zero-order valence-electron chi connectivity index (χ0n) is 13.4. The summed E-state index contributed by atoms with van der Waals surface area (Å²) >= 11 is 3.66. The summed E-state index contributed by atoms with van der Waals surface area (Å²) in [6, 6.07) is 0.471. The quantitative estimate of drug-likeness (QED) is 0.746. The molecule has 0 aliphatic rings. The van der Waals surface area contributed by atoms with Crippen molar-refractivity contribution < 1.29 is 4.74 Å². The minimum atomic E-state index is 0.317. The Morgan fingerprint density at radius 3 is 2.60 bits per heavy atom. The lowest BCUT2D eigenvalue weighted by molar-refractivity contribution is 0.106. The Morgan fingerprint density at radius 2 is 2.10 bits per heavy atom. The lowest BCUT2D eigenvalue weighted by Gasteiger charge is -2.20. The van der Waals surface area contributed by atoms with Crippen LogP contribution in [0.1, 0.15) is 44.5 Å². The number of aromatic nitrogens is 2. The minimum Gasteiger partial charge on any atom is -0.382 e. The summed E-state index contributed by atoms with van der Waals surface area (Å²) in [5, 5.41) is 8.12. The first-order valence-corrected chi connectivity index (χ1v) is 8.23. The highest BCUT2D eigenvalue weighted by Crippen LogP contribution is 2.22. The monoisotopic (exact) mass is 345 g/mol. The fourth-order valence-corrected chi connectivity index (χ4v) is 2.81. The number of aryl methyl sites for hydroxylation is 2. The molecule has 2 atom stereocenters. The highest BCUT2D eigenvalue weighted by atomic mass is 79.9. The van der Waals surface area contributed by atoms with Crippen molar-refractivity contribution in [2.24, 2.45) is 7.05 Å². The Hall–Kier alpha value is -0.390. The molecule has 0 fully saturated rings. The SMILES string of the molecule is CCCNC(CCC(C)OC)Cc1c(Br)c(C)nn1C. The van der Waals surface area contributed by atoms with E-state index in [2.05, 4.69) is 40.2 Å². The molecule has 0 aliphatic carbocycles. The molecule has 1 aromatic heterocycles. The van der Waals surface area contributed by atoms with Gasteiger partial charge in [-0.3, -0.25) is 4.68 Å². The van der Waals surface area contributed by atoms with E-state index >= 15 is 0 Å². The van der Waals surface area contributed by atoms with Crippen molar-refractivity contribution in [1.82, 2.24) is 15.1 Å². The molecule has 0 amide bonds. The first-order chi connectivity index (χ1) is 9.49. The Labute approximate surface area is 131 Å². The summed E-state index contributed by atoms with van der Waals surface area (Å²) in [4.78, 5) is 0. The zero-order chi connectivity index (χ0) is 15.1. The van der Waals surface area contributed by atoms with E-state index in [0.717, 1.165) is 42.4 Å². The van der Waals surface area contributed by atoms with E-state index in [-0.39, 0.29) is 0 Å². The van der Waals surface area contributed by atoms with Gasteiger partial charge in [0.1, 0.15) is 0 Å². The van der Waals surface area contributed by atoms with Crippen molar-refractivity contribution in [3.63, 3.8) is 0 Å². The van der Waals surface area contributed by atoms with Crippen LogP contribution in [-0.2, 0) is 18.2 Å². The average molecular weight is 346 g/mol. The summed E-state index contributed by atoms with van der Waals surface area (Å²) in [7, 11) is 3.79. The number of rotatable bonds is 9. The zero-order valence-corrected chi connectivity index (χ0v) is 15.0. The smallest absolute Gasteiger partial charge is 0.0738 e. The van der Waals surface area contributed by atoms with Gasteiger partial charge < -0.3 is 10.1 Å². The van der Waals surface area contributed by atoms with Crippen molar-refractivity contribution in [2.45, 2.75) is 58.6 Å².